The first kappa shape index (κ1) is 27.5. The van der Waals surface area contributed by atoms with Gasteiger partial charge in [0.05, 0.1) is 12.0 Å². The molecule has 2 heteroatoms. The van der Waals surface area contributed by atoms with Gasteiger partial charge >= 0.3 is 5.97 Å². The minimum Gasteiger partial charge on any atom is -0.465 e. The number of esters is 1. The van der Waals surface area contributed by atoms with Gasteiger partial charge in [0.1, 0.15) is 0 Å². The predicted molar refractivity (Wildman–Crippen MR) is 124 cm³/mol. The Morgan fingerprint density at radius 1 is 0.571 bits per heavy atom. The summed E-state index contributed by atoms with van der Waals surface area (Å²) >= 11 is 0. The van der Waals surface area contributed by atoms with E-state index in [1.54, 1.807) is 0 Å². The number of rotatable bonds is 21. The van der Waals surface area contributed by atoms with Crippen molar-refractivity contribution >= 4 is 5.97 Å². The first-order chi connectivity index (χ1) is 13.7. The van der Waals surface area contributed by atoms with E-state index < -0.39 is 0 Å². The summed E-state index contributed by atoms with van der Waals surface area (Å²) in [5.74, 6) is 0.105. The summed E-state index contributed by atoms with van der Waals surface area (Å²) in [4.78, 5) is 13.0. The molecule has 28 heavy (non-hydrogen) atoms. The van der Waals surface area contributed by atoms with Crippen LogP contribution in [0.15, 0.2) is 0 Å². The SMILES string of the molecule is CCCCCCCCC(CC)(CCCCCCCC)C(=O)OCCCCCC. The zero-order valence-electron chi connectivity index (χ0n) is 20.0. The van der Waals surface area contributed by atoms with Crippen molar-refractivity contribution in [2.45, 2.75) is 150 Å². The Bertz CT molecular complexity index is 321. The molecule has 0 aromatic rings. The molecule has 168 valence electrons. The van der Waals surface area contributed by atoms with Gasteiger partial charge in [0.15, 0.2) is 0 Å². The van der Waals surface area contributed by atoms with Crippen molar-refractivity contribution in [1.82, 2.24) is 0 Å². The van der Waals surface area contributed by atoms with Crippen LogP contribution in [0.4, 0.5) is 0 Å². The summed E-state index contributed by atoms with van der Waals surface area (Å²) in [5, 5.41) is 0. The summed E-state index contributed by atoms with van der Waals surface area (Å²) in [6.07, 6.45) is 23.1. The van der Waals surface area contributed by atoms with Gasteiger partial charge in [-0.15, -0.1) is 0 Å². The molecule has 0 aliphatic heterocycles. The molecule has 2 nitrogen and oxygen atoms in total. The van der Waals surface area contributed by atoms with Crippen LogP contribution in [0.2, 0.25) is 0 Å². The number of unbranched alkanes of at least 4 members (excludes halogenated alkanes) is 13. The van der Waals surface area contributed by atoms with E-state index in [-0.39, 0.29) is 11.4 Å². The Kier molecular flexibility index (Phi) is 19.4. The van der Waals surface area contributed by atoms with Crippen LogP contribution in [0.25, 0.3) is 0 Å². The van der Waals surface area contributed by atoms with Gasteiger partial charge in [0, 0.05) is 0 Å². The molecule has 0 aliphatic carbocycles. The molecular formula is C26H52O2. The summed E-state index contributed by atoms with van der Waals surface area (Å²) in [5.41, 5.74) is -0.222. The lowest BCUT2D eigenvalue weighted by atomic mass is 9.75. The molecule has 0 radical (unpaired) electrons. The molecule has 0 unspecified atom stereocenters. The summed E-state index contributed by atoms with van der Waals surface area (Å²) in [6, 6.07) is 0. The molecule has 0 aromatic heterocycles. The minimum atomic E-state index is -0.222. The lowest BCUT2D eigenvalue weighted by molar-refractivity contribution is -0.157. The lowest BCUT2D eigenvalue weighted by Gasteiger charge is -2.31. The van der Waals surface area contributed by atoms with Crippen molar-refractivity contribution in [3.05, 3.63) is 0 Å². The Morgan fingerprint density at radius 2 is 0.964 bits per heavy atom. The fraction of sp³-hybridized carbons (Fsp3) is 0.962. The molecule has 0 bridgehead atoms. The molecular weight excluding hydrogens is 344 g/mol. The first-order valence-electron chi connectivity index (χ1n) is 12.8. The third-order valence-electron chi connectivity index (χ3n) is 6.36. The van der Waals surface area contributed by atoms with Crippen LogP contribution in [0.5, 0.6) is 0 Å². The Hall–Kier alpha value is -0.530. The van der Waals surface area contributed by atoms with E-state index >= 15 is 0 Å². The van der Waals surface area contributed by atoms with Gasteiger partial charge in [0.25, 0.3) is 0 Å². The molecule has 0 N–H and O–H groups in total. The molecule has 0 aliphatic rings. The molecule has 0 saturated carbocycles. The quantitative estimate of drug-likeness (QED) is 0.143. The zero-order valence-corrected chi connectivity index (χ0v) is 20.0. The van der Waals surface area contributed by atoms with Crippen molar-refractivity contribution in [3.63, 3.8) is 0 Å². The van der Waals surface area contributed by atoms with Crippen molar-refractivity contribution < 1.29 is 9.53 Å². The first-order valence-corrected chi connectivity index (χ1v) is 12.8. The van der Waals surface area contributed by atoms with Crippen LogP contribution in [0.1, 0.15) is 150 Å². The van der Waals surface area contributed by atoms with Crippen LogP contribution in [0.3, 0.4) is 0 Å². The fourth-order valence-electron chi connectivity index (χ4n) is 4.16. The fourth-order valence-corrected chi connectivity index (χ4v) is 4.16. The summed E-state index contributed by atoms with van der Waals surface area (Å²) < 4.78 is 5.80. The Labute approximate surface area is 177 Å². The monoisotopic (exact) mass is 396 g/mol. The average Bonchev–Trinajstić information content (AvgIpc) is 2.71. The number of hydrogen-bond donors (Lipinski definition) is 0. The van der Waals surface area contributed by atoms with Crippen molar-refractivity contribution in [3.8, 4) is 0 Å². The maximum absolute atomic E-state index is 13.0. The van der Waals surface area contributed by atoms with Crippen molar-refractivity contribution in [2.24, 2.45) is 5.41 Å². The van der Waals surface area contributed by atoms with E-state index in [0.717, 1.165) is 25.7 Å². The largest absolute Gasteiger partial charge is 0.465 e. The highest BCUT2D eigenvalue weighted by Gasteiger charge is 2.37. The molecule has 0 atom stereocenters. The van der Waals surface area contributed by atoms with Gasteiger partial charge in [-0.1, -0.05) is 124 Å². The normalized spacial score (nSPS) is 11.7. The molecule has 0 amide bonds. The minimum absolute atomic E-state index is 0.105. The second kappa shape index (κ2) is 19.8. The van der Waals surface area contributed by atoms with Gasteiger partial charge in [-0.25, -0.2) is 0 Å². The Morgan fingerprint density at radius 3 is 1.39 bits per heavy atom. The average molecular weight is 397 g/mol. The van der Waals surface area contributed by atoms with E-state index in [1.807, 2.05) is 0 Å². The van der Waals surface area contributed by atoms with Gasteiger partial charge in [-0.05, 0) is 25.7 Å². The van der Waals surface area contributed by atoms with E-state index in [1.165, 1.54) is 96.3 Å². The number of hydrogen-bond acceptors (Lipinski definition) is 2. The highest BCUT2D eigenvalue weighted by molar-refractivity contribution is 5.76. The maximum atomic E-state index is 13.0. The van der Waals surface area contributed by atoms with Crippen LogP contribution < -0.4 is 0 Å². The number of ether oxygens (including phenoxy) is 1. The Balaban J connectivity index is 4.50. The second-order valence-electron chi connectivity index (χ2n) is 8.87. The van der Waals surface area contributed by atoms with Gasteiger partial charge in [-0.2, -0.15) is 0 Å². The summed E-state index contributed by atoms with van der Waals surface area (Å²) in [6.45, 7) is 9.56. The van der Waals surface area contributed by atoms with Crippen molar-refractivity contribution in [1.29, 1.82) is 0 Å². The zero-order chi connectivity index (χ0) is 20.9. The van der Waals surface area contributed by atoms with Crippen molar-refractivity contribution in [2.75, 3.05) is 6.61 Å². The lowest BCUT2D eigenvalue weighted by Crippen LogP contribution is -2.33. The highest BCUT2D eigenvalue weighted by atomic mass is 16.5. The van der Waals surface area contributed by atoms with E-state index in [2.05, 4.69) is 27.7 Å². The van der Waals surface area contributed by atoms with Crippen LogP contribution in [-0.2, 0) is 9.53 Å². The molecule has 0 spiro atoms. The standard InChI is InChI=1S/C26H52O2/c1-5-9-12-15-17-19-22-26(8-4,23-20-18-16-13-10-6-2)25(27)28-24-21-14-11-7-3/h5-24H2,1-4H3. The van der Waals surface area contributed by atoms with Crippen LogP contribution >= 0.6 is 0 Å². The molecule has 0 saturated heterocycles. The third-order valence-corrected chi connectivity index (χ3v) is 6.36. The van der Waals surface area contributed by atoms with Gasteiger partial charge in [-0.3, -0.25) is 4.79 Å². The van der Waals surface area contributed by atoms with E-state index in [0.29, 0.717) is 6.61 Å². The van der Waals surface area contributed by atoms with Crippen LogP contribution in [-0.4, -0.2) is 12.6 Å². The second-order valence-corrected chi connectivity index (χ2v) is 8.87. The van der Waals surface area contributed by atoms with Crippen LogP contribution in [0, 0.1) is 5.41 Å². The predicted octanol–water partition coefficient (Wildman–Crippen LogP) is 9.01. The topological polar surface area (TPSA) is 26.3 Å². The molecule has 0 fully saturated rings. The smallest absolute Gasteiger partial charge is 0.312 e. The maximum Gasteiger partial charge on any atom is 0.312 e. The van der Waals surface area contributed by atoms with E-state index in [4.69, 9.17) is 4.74 Å². The summed E-state index contributed by atoms with van der Waals surface area (Å²) in [7, 11) is 0. The van der Waals surface area contributed by atoms with Gasteiger partial charge in [0.2, 0.25) is 0 Å². The number of carbonyl (C=O) groups is 1. The number of carbonyl (C=O) groups excluding carboxylic acids is 1. The highest BCUT2D eigenvalue weighted by Crippen LogP contribution is 2.37. The molecule has 0 aromatic carbocycles. The third kappa shape index (κ3) is 13.6. The van der Waals surface area contributed by atoms with Gasteiger partial charge < -0.3 is 4.74 Å². The van der Waals surface area contributed by atoms with E-state index in [9.17, 15) is 4.79 Å². The molecule has 0 heterocycles. The molecule has 0 rings (SSSR count).